The number of carbonyl (C=O) groups is 6. The molecule has 3 atom stereocenters. The first-order chi connectivity index (χ1) is 26.5. The maximum atomic E-state index is 13.5. The average Bonchev–Trinajstić information content (AvgIpc) is 3.50. The molecule has 1 unspecified atom stereocenters. The van der Waals surface area contributed by atoms with Gasteiger partial charge in [0.25, 0.3) is 11.8 Å². The second kappa shape index (κ2) is 14.6. The molecular weight excluding hydrogens is 704 g/mol. The Balaban J connectivity index is 0.820. The molecule has 4 N–H and O–H groups in total. The highest BCUT2D eigenvalue weighted by Crippen LogP contribution is 2.49. The number of piperazine rings is 1. The van der Waals surface area contributed by atoms with Crippen LogP contribution in [-0.4, -0.2) is 100.0 Å². The van der Waals surface area contributed by atoms with Crippen LogP contribution < -0.4 is 20.9 Å². The van der Waals surface area contributed by atoms with Crippen molar-refractivity contribution in [3.63, 3.8) is 0 Å². The van der Waals surface area contributed by atoms with Gasteiger partial charge in [-0.15, -0.1) is 0 Å². The van der Waals surface area contributed by atoms with Gasteiger partial charge in [-0.1, -0.05) is 24.3 Å². The fourth-order valence-corrected chi connectivity index (χ4v) is 8.38. The van der Waals surface area contributed by atoms with E-state index in [-0.39, 0.29) is 47.9 Å². The van der Waals surface area contributed by atoms with Crippen molar-refractivity contribution >= 4 is 47.1 Å². The van der Waals surface area contributed by atoms with Gasteiger partial charge < -0.3 is 20.3 Å². The summed E-state index contributed by atoms with van der Waals surface area (Å²) in [6, 6.07) is 14.5. The van der Waals surface area contributed by atoms with Crippen molar-refractivity contribution in [1.29, 1.82) is 0 Å². The maximum Gasteiger partial charge on any atom is 0.407 e. The zero-order chi connectivity index (χ0) is 38.4. The number of rotatable bonds is 10. The fourth-order valence-electron chi connectivity index (χ4n) is 8.38. The molecule has 6 amide bonds. The standard InChI is InChI=1S/C40H46N8O7/c1-23(2)41-39(54)55-28-9-5-25(19-28)31-21-33(45-44-31)42-38(53)40(13-14-40)26-6-3-24(4-7-26)22-46-15-17-47(18-16-46)27-8-10-29-30(20-27)37(52)48(36(29)51)32-11-12-34(49)43-35(32)50/h3-4,6-8,10,20-21,23,25,28,32H,5,9,11-19,22H2,1-2H3,(H,41,54)(H,43,49,50)(H2,42,44,45,53)/t25-,28+,32?/m1/s1. The molecule has 2 aliphatic carbocycles. The van der Waals surface area contributed by atoms with Crippen molar-refractivity contribution in [3.05, 3.63) is 76.5 Å². The molecule has 288 valence electrons. The van der Waals surface area contributed by atoms with E-state index in [2.05, 4.69) is 60.2 Å². The molecule has 5 aliphatic rings. The second-order valence-electron chi connectivity index (χ2n) is 15.7. The van der Waals surface area contributed by atoms with E-state index in [1.54, 1.807) is 12.1 Å². The van der Waals surface area contributed by atoms with Crippen molar-refractivity contribution in [3.8, 4) is 0 Å². The van der Waals surface area contributed by atoms with Crippen LogP contribution in [0.3, 0.4) is 0 Å². The molecule has 55 heavy (non-hydrogen) atoms. The van der Waals surface area contributed by atoms with Crippen LogP contribution in [0.4, 0.5) is 16.3 Å². The fraction of sp³-hybridized carbons (Fsp3) is 0.475. The van der Waals surface area contributed by atoms with Crippen molar-refractivity contribution in [2.24, 2.45) is 0 Å². The number of benzene rings is 2. The molecule has 4 heterocycles. The van der Waals surface area contributed by atoms with E-state index in [1.165, 1.54) is 0 Å². The molecule has 0 bridgehead atoms. The van der Waals surface area contributed by atoms with Gasteiger partial charge in [0.2, 0.25) is 17.7 Å². The first-order valence-corrected chi connectivity index (χ1v) is 19.2. The highest BCUT2D eigenvalue weighted by Gasteiger charge is 2.51. The van der Waals surface area contributed by atoms with Gasteiger partial charge in [0.15, 0.2) is 5.82 Å². The smallest absolute Gasteiger partial charge is 0.407 e. The van der Waals surface area contributed by atoms with E-state index in [9.17, 15) is 28.8 Å². The molecule has 0 spiro atoms. The quantitative estimate of drug-likeness (QED) is 0.223. The molecule has 2 aromatic carbocycles. The minimum atomic E-state index is -0.987. The predicted molar refractivity (Wildman–Crippen MR) is 200 cm³/mol. The van der Waals surface area contributed by atoms with Crippen LogP contribution in [0.25, 0.3) is 0 Å². The van der Waals surface area contributed by atoms with E-state index >= 15 is 0 Å². The number of piperidine rings is 1. The first-order valence-electron chi connectivity index (χ1n) is 19.2. The van der Waals surface area contributed by atoms with Gasteiger partial charge >= 0.3 is 6.09 Å². The summed E-state index contributed by atoms with van der Waals surface area (Å²) in [6.07, 6.45) is 3.58. The van der Waals surface area contributed by atoms with E-state index in [0.717, 1.165) is 85.8 Å². The van der Waals surface area contributed by atoms with Crippen molar-refractivity contribution in [1.82, 2.24) is 30.6 Å². The third kappa shape index (κ3) is 7.32. The molecule has 1 aromatic heterocycles. The Morgan fingerprint density at radius 1 is 0.927 bits per heavy atom. The van der Waals surface area contributed by atoms with Crippen LogP contribution >= 0.6 is 0 Å². The highest BCUT2D eigenvalue weighted by atomic mass is 16.6. The van der Waals surface area contributed by atoms with Gasteiger partial charge in [0, 0.05) is 68.6 Å². The summed E-state index contributed by atoms with van der Waals surface area (Å²) in [7, 11) is 0. The molecule has 2 saturated heterocycles. The van der Waals surface area contributed by atoms with Crippen LogP contribution in [0.2, 0.25) is 0 Å². The Kier molecular flexibility index (Phi) is 9.65. The van der Waals surface area contributed by atoms with Crippen molar-refractivity contribution in [2.45, 2.75) is 94.9 Å². The molecule has 8 rings (SSSR count). The number of hydrogen-bond donors (Lipinski definition) is 4. The Labute approximate surface area is 318 Å². The largest absolute Gasteiger partial charge is 0.446 e. The molecule has 4 fully saturated rings. The number of fused-ring (bicyclic) bond motifs is 1. The third-order valence-electron chi connectivity index (χ3n) is 11.6. The average molecular weight is 751 g/mol. The van der Waals surface area contributed by atoms with Crippen LogP contribution in [0, 0.1) is 0 Å². The number of amides is 6. The number of aromatic amines is 1. The Morgan fingerprint density at radius 3 is 2.38 bits per heavy atom. The number of aromatic nitrogens is 2. The summed E-state index contributed by atoms with van der Waals surface area (Å²) >= 11 is 0. The van der Waals surface area contributed by atoms with Crippen LogP contribution in [0.15, 0.2) is 48.5 Å². The normalized spacial score (nSPS) is 23.5. The number of imide groups is 2. The van der Waals surface area contributed by atoms with Crippen LogP contribution in [0.1, 0.15) is 102 Å². The Morgan fingerprint density at radius 2 is 1.67 bits per heavy atom. The zero-order valence-corrected chi connectivity index (χ0v) is 31.1. The summed E-state index contributed by atoms with van der Waals surface area (Å²) in [5.41, 5.74) is 3.91. The van der Waals surface area contributed by atoms with Crippen molar-refractivity contribution in [2.75, 3.05) is 36.4 Å². The van der Waals surface area contributed by atoms with Crippen LogP contribution in [0.5, 0.6) is 0 Å². The Hall–Kier alpha value is -5.57. The topological polar surface area (TPSA) is 186 Å². The molecule has 3 aromatic rings. The Bertz CT molecular complexity index is 2030. The molecule has 0 radical (unpaired) electrons. The van der Waals surface area contributed by atoms with E-state index in [1.807, 2.05) is 26.0 Å². The lowest BCUT2D eigenvalue weighted by molar-refractivity contribution is -0.136. The predicted octanol–water partition coefficient (Wildman–Crippen LogP) is 3.57. The second-order valence-corrected chi connectivity index (χ2v) is 15.7. The number of carbonyl (C=O) groups excluding carboxylic acids is 6. The first kappa shape index (κ1) is 36.4. The number of nitrogens with one attached hydrogen (secondary N) is 4. The lowest BCUT2D eigenvalue weighted by Crippen LogP contribution is -2.54. The van der Waals surface area contributed by atoms with Crippen LogP contribution in [-0.2, 0) is 31.1 Å². The summed E-state index contributed by atoms with van der Waals surface area (Å²) in [6.45, 7) is 7.62. The zero-order valence-electron chi connectivity index (χ0n) is 31.1. The lowest BCUT2D eigenvalue weighted by atomic mass is 9.94. The number of H-pyrrole nitrogens is 1. The van der Waals surface area contributed by atoms with Gasteiger partial charge in [-0.3, -0.25) is 44.2 Å². The van der Waals surface area contributed by atoms with E-state index < -0.39 is 41.2 Å². The summed E-state index contributed by atoms with van der Waals surface area (Å²) in [4.78, 5) is 81.5. The van der Waals surface area contributed by atoms with E-state index in [0.29, 0.717) is 12.2 Å². The summed E-state index contributed by atoms with van der Waals surface area (Å²) in [5.74, 6) is -1.42. The number of alkyl carbamates (subject to hydrolysis) is 1. The summed E-state index contributed by atoms with van der Waals surface area (Å²) in [5, 5.41) is 15.5. The van der Waals surface area contributed by atoms with E-state index in [4.69, 9.17) is 4.74 Å². The SMILES string of the molecule is CC(C)NC(=O)O[C@H]1CC[C@@H](c2cc(NC(=O)C3(c4ccc(CN5CCN(c6ccc7c(c6)C(=O)N(C6CCC(=O)NC6=O)C7=O)CC5)cc4)CC3)n[nH]2)C1. The number of ether oxygens (including phenoxy) is 1. The molecular formula is C40H46N8O7. The number of hydrogen-bond acceptors (Lipinski definition) is 10. The van der Waals surface area contributed by atoms with Crippen molar-refractivity contribution < 1.29 is 33.5 Å². The molecule has 15 nitrogen and oxygen atoms in total. The molecule has 2 saturated carbocycles. The molecule has 15 heteroatoms. The monoisotopic (exact) mass is 750 g/mol. The molecule has 3 aliphatic heterocycles. The minimum Gasteiger partial charge on any atom is -0.446 e. The number of anilines is 2. The van der Waals surface area contributed by atoms with Gasteiger partial charge in [-0.2, -0.15) is 5.10 Å². The van der Waals surface area contributed by atoms with Gasteiger partial charge in [-0.25, -0.2) is 4.79 Å². The summed E-state index contributed by atoms with van der Waals surface area (Å²) < 4.78 is 5.57. The van der Waals surface area contributed by atoms with Gasteiger partial charge in [0.05, 0.1) is 16.5 Å². The third-order valence-corrected chi connectivity index (χ3v) is 11.6. The van der Waals surface area contributed by atoms with Gasteiger partial charge in [-0.05, 0) is 81.7 Å². The highest BCUT2D eigenvalue weighted by molar-refractivity contribution is 6.23. The van der Waals surface area contributed by atoms with Gasteiger partial charge in [0.1, 0.15) is 12.1 Å². The maximum absolute atomic E-state index is 13.5. The number of nitrogens with zero attached hydrogens (tertiary/aromatic N) is 4. The minimum absolute atomic E-state index is 0.0190. The lowest BCUT2D eigenvalue weighted by Gasteiger charge is -2.36.